The van der Waals surface area contributed by atoms with Gasteiger partial charge in [-0.25, -0.2) is 5.43 Å². The number of furan rings is 1. The highest BCUT2D eigenvalue weighted by atomic mass is 35.5. The molecule has 0 aliphatic heterocycles. The van der Waals surface area contributed by atoms with Crippen LogP contribution in [-0.2, 0) is 6.61 Å². The normalized spacial score (nSPS) is 11.1. The Kier molecular flexibility index (Phi) is 6.63. The maximum atomic E-state index is 12.3. The Morgan fingerprint density at radius 2 is 1.91 bits per heavy atom. The number of para-hydroxylation sites is 1. The number of carbonyl (C=O) groups excluding carboxylic acids is 1. The third kappa shape index (κ3) is 5.04. The summed E-state index contributed by atoms with van der Waals surface area (Å²) in [7, 11) is 1.55. The predicted octanol–water partition coefficient (Wildman–Crippen LogP) is 6.09. The van der Waals surface area contributed by atoms with Crippen LogP contribution in [0, 0.1) is 0 Å². The number of methoxy groups -OCH3 is 1. The molecule has 4 rings (SSSR count). The van der Waals surface area contributed by atoms with E-state index in [-0.39, 0.29) is 5.76 Å². The lowest BCUT2D eigenvalue weighted by atomic mass is 10.2. The van der Waals surface area contributed by atoms with Crippen LogP contribution in [0.5, 0.6) is 11.5 Å². The summed E-state index contributed by atoms with van der Waals surface area (Å²) in [5, 5.41) is 5.89. The van der Waals surface area contributed by atoms with Crippen molar-refractivity contribution in [2.24, 2.45) is 5.10 Å². The van der Waals surface area contributed by atoms with Crippen molar-refractivity contribution < 1.29 is 18.7 Å². The van der Waals surface area contributed by atoms with Gasteiger partial charge in [-0.1, -0.05) is 41.4 Å². The van der Waals surface area contributed by atoms with Crippen LogP contribution in [-0.4, -0.2) is 19.2 Å². The molecule has 0 spiro atoms. The second-order valence-electron chi connectivity index (χ2n) is 6.78. The van der Waals surface area contributed by atoms with Gasteiger partial charge in [-0.2, -0.15) is 5.10 Å². The molecular formula is C24H18Cl2N2O4. The molecule has 162 valence electrons. The minimum atomic E-state index is -0.459. The first-order valence-electron chi connectivity index (χ1n) is 9.60. The first-order valence-corrected chi connectivity index (χ1v) is 10.4. The van der Waals surface area contributed by atoms with E-state index in [4.69, 9.17) is 37.1 Å². The summed E-state index contributed by atoms with van der Waals surface area (Å²) in [6.07, 6.45) is 1.53. The zero-order chi connectivity index (χ0) is 22.5. The molecule has 8 heteroatoms. The number of benzene rings is 3. The van der Waals surface area contributed by atoms with E-state index in [1.807, 2.05) is 30.3 Å². The van der Waals surface area contributed by atoms with Crippen LogP contribution in [0.2, 0.25) is 10.0 Å². The topological polar surface area (TPSA) is 73.1 Å². The van der Waals surface area contributed by atoms with E-state index in [2.05, 4.69) is 10.5 Å². The summed E-state index contributed by atoms with van der Waals surface area (Å²) in [6.45, 7) is 0.321. The molecule has 0 unspecified atom stereocenters. The van der Waals surface area contributed by atoms with Gasteiger partial charge in [-0.3, -0.25) is 4.79 Å². The fourth-order valence-electron chi connectivity index (χ4n) is 2.98. The molecule has 0 aliphatic carbocycles. The van der Waals surface area contributed by atoms with E-state index in [0.29, 0.717) is 33.7 Å². The third-order valence-electron chi connectivity index (χ3n) is 4.62. The van der Waals surface area contributed by atoms with Gasteiger partial charge < -0.3 is 13.9 Å². The monoisotopic (exact) mass is 468 g/mol. The number of hydrazone groups is 1. The zero-order valence-electron chi connectivity index (χ0n) is 17.0. The zero-order valence-corrected chi connectivity index (χ0v) is 18.5. The lowest BCUT2D eigenvalue weighted by Crippen LogP contribution is -2.16. The van der Waals surface area contributed by atoms with E-state index in [9.17, 15) is 4.79 Å². The molecule has 0 fully saturated rings. The SMILES string of the molecule is COc1cccc2cc(C(=O)N/N=C\c3ccc(OCc4ccc(Cl)cc4Cl)cc3)oc12. The van der Waals surface area contributed by atoms with Crippen molar-refractivity contribution >= 4 is 46.3 Å². The Morgan fingerprint density at radius 3 is 2.66 bits per heavy atom. The lowest BCUT2D eigenvalue weighted by molar-refractivity contribution is 0.0929. The van der Waals surface area contributed by atoms with Crippen LogP contribution in [0.25, 0.3) is 11.0 Å². The third-order valence-corrected chi connectivity index (χ3v) is 5.21. The van der Waals surface area contributed by atoms with Crippen LogP contribution in [0.15, 0.2) is 76.2 Å². The molecule has 32 heavy (non-hydrogen) atoms. The van der Waals surface area contributed by atoms with Crippen molar-refractivity contribution in [2.75, 3.05) is 7.11 Å². The quantitative estimate of drug-likeness (QED) is 0.263. The summed E-state index contributed by atoms with van der Waals surface area (Å²) in [5.74, 6) is 0.921. The second-order valence-corrected chi connectivity index (χ2v) is 7.63. The molecule has 1 amide bonds. The minimum Gasteiger partial charge on any atom is -0.493 e. The maximum Gasteiger partial charge on any atom is 0.307 e. The molecule has 4 aromatic rings. The van der Waals surface area contributed by atoms with Crippen LogP contribution in [0.1, 0.15) is 21.7 Å². The summed E-state index contributed by atoms with van der Waals surface area (Å²) >= 11 is 12.1. The standard InChI is InChI=1S/C24H18Cl2N2O4/c1-30-21-4-2-3-16-11-22(32-23(16)21)24(29)28-27-13-15-5-9-19(10-6-15)31-14-17-7-8-18(25)12-20(17)26/h2-13H,14H2,1H3,(H,28,29)/b27-13-. The van der Waals surface area contributed by atoms with Crippen molar-refractivity contribution in [1.82, 2.24) is 5.43 Å². The number of rotatable bonds is 7. The van der Waals surface area contributed by atoms with Crippen molar-refractivity contribution in [3.8, 4) is 11.5 Å². The average molecular weight is 469 g/mol. The van der Waals surface area contributed by atoms with Gasteiger partial charge in [0, 0.05) is 21.0 Å². The first-order chi connectivity index (χ1) is 15.5. The molecule has 0 aliphatic rings. The van der Waals surface area contributed by atoms with E-state index in [1.165, 1.54) is 6.21 Å². The summed E-state index contributed by atoms with van der Waals surface area (Å²) in [5.41, 5.74) is 4.60. The molecule has 0 saturated heterocycles. The number of hydrogen-bond acceptors (Lipinski definition) is 5. The van der Waals surface area contributed by atoms with Crippen LogP contribution >= 0.6 is 23.2 Å². The highest BCUT2D eigenvalue weighted by Gasteiger charge is 2.14. The van der Waals surface area contributed by atoms with Crippen molar-refractivity contribution in [1.29, 1.82) is 0 Å². The summed E-state index contributed by atoms with van der Waals surface area (Å²) < 4.78 is 16.6. The maximum absolute atomic E-state index is 12.3. The first kappa shape index (κ1) is 21.7. The van der Waals surface area contributed by atoms with Gasteiger partial charge in [0.25, 0.3) is 0 Å². The fourth-order valence-corrected chi connectivity index (χ4v) is 3.44. The fraction of sp³-hybridized carbons (Fsp3) is 0.0833. The Bertz CT molecular complexity index is 1280. The number of nitrogens with zero attached hydrogens (tertiary/aromatic N) is 1. The van der Waals surface area contributed by atoms with Gasteiger partial charge in [0.15, 0.2) is 17.1 Å². The van der Waals surface area contributed by atoms with Crippen molar-refractivity contribution in [3.63, 3.8) is 0 Å². The van der Waals surface area contributed by atoms with Crippen molar-refractivity contribution in [3.05, 3.63) is 93.7 Å². The minimum absolute atomic E-state index is 0.145. The van der Waals surface area contributed by atoms with Crippen molar-refractivity contribution in [2.45, 2.75) is 6.61 Å². The highest BCUT2D eigenvalue weighted by molar-refractivity contribution is 6.35. The number of nitrogens with one attached hydrogen (secondary N) is 1. The number of carbonyl (C=O) groups is 1. The predicted molar refractivity (Wildman–Crippen MR) is 125 cm³/mol. The number of halogens is 2. The summed E-state index contributed by atoms with van der Waals surface area (Å²) in [6, 6.07) is 19.6. The molecule has 1 heterocycles. The average Bonchev–Trinajstić information content (AvgIpc) is 3.24. The van der Waals surface area contributed by atoms with Gasteiger partial charge in [0.1, 0.15) is 12.4 Å². The van der Waals surface area contributed by atoms with Crippen LogP contribution < -0.4 is 14.9 Å². The molecule has 0 radical (unpaired) electrons. The molecule has 3 aromatic carbocycles. The highest BCUT2D eigenvalue weighted by Crippen LogP contribution is 2.28. The van der Waals surface area contributed by atoms with E-state index in [1.54, 1.807) is 43.5 Å². The van der Waals surface area contributed by atoms with Gasteiger partial charge in [0.05, 0.1) is 13.3 Å². The smallest absolute Gasteiger partial charge is 0.307 e. The molecule has 6 nitrogen and oxygen atoms in total. The van der Waals surface area contributed by atoms with E-state index >= 15 is 0 Å². The molecule has 0 saturated carbocycles. The summed E-state index contributed by atoms with van der Waals surface area (Å²) in [4.78, 5) is 12.3. The molecule has 0 bridgehead atoms. The van der Waals surface area contributed by atoms with Gasteiger partial charge in [0.2, 0.25) is 0 Å². The van der Waals surface area contributed by atoms with Gasteiger partial charge in [-0.15, -0.1) is 0 Å². The number of fused-ring (bicyclic) bond motifs is 1. The van der Waals surface area contributed by atoms with Gasteiger partial charge in [-0.05, 0) is 54.1 Å². The Hall–Kier alpha value is -3.48. The Labute approximate surface area is 194 Å². The number of amides is 1. The molecule has 1 aromatic heterocycles. The molecule has 1 N–H and O–H groups in total. The Morgan fingerprint density at radius 1 is 1.09 bits per heavy atom. The van der Waals surface area contributed by atoms with Crippen LogP contribution in [0.3, 0.4) is 0 Å². The number of hydrogen-bond donors (Lipinski definition) is 1. The van der Waals surface area contributed by atoms with E-state index in [0.717, 1.165) is 16.5 Å². The van der Waals surface area contributed by atoms with E-state index < -0.39 is 5.91 Å². The molecule has 0 atom stereocenters. The van der Waals surface area contributed by atoms with Gasteiger partial charge >= 0.3 is 5.91 Å². The second kappa shape index (κ2) is 9.77. The largest absolute Gasteiger partial charge is 0.493 e. The lowest BCUT2D eigenvalue weighted by Gasteiger charge is -2.08. The van der Waals surface area contributed by atoms with Crippen LogP contribution in [0.4, 0.5) is 0 Å². The molecular weight excluding hydrogens is 451 g/mol. The number of ether oxygens (including phenoxy) is 2. The Balaban J connectivity index is 1.34.